The monoisotopic (exact) mass is 241 g/mol. The van der Waals surface area contributed by atoms with Crippen LogP contribution in [0.4, 0.5) is 0 Å². The molecule has 2 nitrogen and oxygen atoms in total. The van der Waals surface area contributed by atoms with Crippen molar-refractivity contribution in [3.63, 3.8) is 0 Å². The molecule has 0 saturated heterocycles. The number of nitrogens with one attached hydrogen (secondary N) is 1. The first kappa shape index (κ1) is 15.0. The molecule has 0 heterocycles. The Morgan fingerprint density at radius 1 is 1.12 bits per heavy atom. The van der Waals surface area contributed by atoms with Gasteiger partial charge in [0.2, 0.25) is 0 Å². The van der Waals surface area contributed by atoms with E-state index in [-0.39, 0.29) is 0 Å². The first-order valence-electron chi connectivity index (χ1n) is 7.69. The Morgan fingerprint density at radius 3 is 2.47 bits per heavy atom. The molecule has 1 N–H and O–H groups in total. The highest BCUT2D eigenvalue weighted by Gasteiger charge is 2.15. The second-order valence-electron chi connectivity index (χ2n) is 5.47. The molecule has 1 fully saturated rings. The maximum Gasteiger partial charge on any atom is 0.0675 e. The molecule has 1 saturated carbocycles. The minimum atomic E-state index is 0.375. The first-order chi connectivity index (χ1) is 8.33. The summed E-state index contributed by atoms with van der Waals surface area (Å²) in [6.07, 6.45) is 12.9. The van der Waals surface area contributed by atoms with E-state index in [0.29, 0.717) is 12.2 Å². The standard InChI is InChI=1S/C15H31NO/c1-3-4-9-12-16-13-14(2)17-15-10-7-5-6-8-11-15/h14-16H,3-13H2,1-2H3. The zero-order valence-electron chi connectivity index (χ0n) is 11.8. The predicted molar refractivity (Wildman–Crippen MR) is 74.4 cm³/mol. The van der Waals surface area contributed by atoms with Gasteiger partial charge in [-0.1, -0.05) is 45.4 Å². The van der Waals surface area contributed by atoms with E-state index in [1.807, 2.05) is 0 Å². The zero-order chi connectivity index (χ0) is 12.3. The molecule has 1 rings (SSSR count). The first-order valence-corrected chi connectivity index (χ1v) is 7.69. The Morgan fingerprint density at radius 2 is 1.82 bits per heavy atom. The molecule has 0 aromatic carbocycles. The average molecular weight is 241 g/mol. The summed E-state index contributed by atoms with van der Waals surface area (Å²) in [5.74, 6) is 0. The molecule has 0 aliphatic heterocycles. The fourth-order valence-electron chi connectivity index (χ4n) is 2.56. The molecule has 2 heteroatoms. The Kier molecular flexibility index (Phi) is 8.72. The molecule has 1 aliphatic carbocycles. The van der Waals surface area contributed by atoms with Gasteiger partial charge in [-0.25, -0.2) is 0 Å². The fourth-order valence-corrected chi connectivity index (χ4v) is 2.56. The third kappa shape index (κ3) is 7.77. The van der Waals surface area contributed by atoms with Gasteiger partial charge in [0.15, 0.2) is 0 Å². The van der Waals surface area contributed by atoms with Crippen molar-refractivity contribution >= 4 is 0 Å². The van der Waals surface area contributed by atoms with Crippen LogP contribution in [0.3, 0.4) is 0 Å². The highest BCUT2D eigenvalue weighted by atomic mass is 16.5. The Balaban J connectivity index is 2.00. The summed E-state index contributed by atoms with van der Waals surface area (Å²) in [5.41, 5.74) is 0. The van der Waals surface area contributed by atoms with E-state index in [0.717, 1.165) is 13.1 Å². The van der Waals surface area contributed by atoms with E-state index in [4.69, 9.17) is 4.74 Å². The van der Waals surface area contributed by atoms with Gasteiger partial charge < -0.3 is 10.1 Å². The third-order valence-electron chi connectivity index (χ3n) is 3.62. The van der Waals surface area contributed by atoms with E-state index in [9.17, 15) is 0 Å². The SMILES string of the molecule is CCCCCNCC(C)OC1CCCCCC1. The fraction of sp³-hybridized carbons (Fsp3) is 1.00. The Hall–Kier alpha value is -0.0800. The summed E-state index contributed by atoms with van der Waals surface area (Å²) < 4.78 is 6.12. The molecule has 1 unspecified atom stereocenters. The summed E-state index contributed by atoms with van der Waals surface area (Å²) in [5, 5.41) is 3.50. The lowest BCUT2D eigenvalue weighted by molar-refractivity contribution is -0.00866. The van der Waals surface area contributed by atoms with Crippen LogP contribution in [-0.2, 0) is 4.74 Å². The van der Waals surface area contributed by atoms with Crippen LogP contribution in [0.25, 0.3) is 0 Å². The molecule has 1 aliphatic rings. The Bertz CT molecular complexity index is 164. The van der Waals surface area contributed by atoms with Crippen LogP contribution in [-0.4, -0.2) is 25.3 Å². The van der Waals surface area contributed by atoms with Crippen molar-refractivity contribution in [3.8, 4) is 0 Å². The lowest BCUT2D eigenvalue weighted by Gasteiger charge is -2.21. The number of hydrogen-bond acceptors (Lipinski definition) is 2. The molecule has 102 valence electrons. The van der Waals surface area contributed by atoms with Crippen molar-refractivity contribution in [2.24, 2.45) is 0 Å². The van der Waals surface area contributed by atoms with Gasteiger partial charge in [0.1, 0.15) is 0 Å². The lowest BCUT2D eigenvalue weighted by Crippen LogP contribution is -2.30. The minimum absolute atomic E-state index is 0.375. The molecule has 0 radical (unpaired) electrons. The molecular formula is C15H31NO. The van der Waals surface area contributed by atoms with E-state index in [1.54, 1.807) is 0 Å². The van der Waals surface area contributed by atoms with Gasteiger partial charge in [0.25, 0.3) is 0 Å². The van der Waals surface area contributed by atoms with Gasteiger partial charge in [-0.2, -0.15) is 0 Å². The van der Waals surface area contributed by atoms with Crippen molar-refractivity contribution < 1.29 is 4.74 Å². The normalized spacial score (nSPS) is 20.1. The highest BCUT2D eigenvalue weighted by molar-refractivity contribution is 4.67. The van der Waals surface area contributed by atoms with E-state index < -0.39 is 0 Å². The van der Waals surface area contributed by atoms with Crippen molar-refractivity contribution in [1.29, 1.82) is 0 Å². The summed E-state index contributed by atoms with van der Waals surface area (Å²) in [7, 11) is 0. The average Bonchev–Trinajstić information content (AvgIpc) is 2.57. The largest absolute Gasteiger partial charge is 0.374 e. The van der Waals surface area contributed by atoms with Crippen LogP contribution in [0.1, 0.15) is 71.6 Å². The van der Waals surface area contributed by atoms with E-state index in [1.165, 1.54) is 57.8 Å². The van der Waals surface area contributed by atoms with Crippen molar-refractivity contribution in [3.05, 3.63) is 0 Å². The summed E-state index contributed by atoms with van der Waals surface area (Å²) in [6.45, 7) is 6.61. The van der Waals surface area contributed by atoms with Crippen LogP contribution in [0.2, 0.25) is 0 Å². The zero-order valence-corrected chi connectivity index (χ0v) is 11.8. The second kappa shape index (κ2) is 9.90. The van der Waals surface area contributed by atoms with Crippen molar-refractivity contribution in [2.75, 3.05) is 13.1 Å². The molecule has 17 heavy (non-hydrogen) atoms. The maximum absolute atomic E-state index is 6.12. The molecule has 0 aromatic heterocycles. The number of ether oxygens (including phenoxy) is 1. The minimum Gasteiger partial charge on any atom is -0.374 e. The van der Waals surface area contributed by atoms with Crippen LogP contribution in [0.15, 0.2) is 0 Å². The van der Waals surface area contributed by atoms with Gasteiger partial charge in [-0.15, -0.1) is 0 Å². The van der Waals surface area contributed by atoms with Gasteiger partial charge in [0, 0.05) is 6.54 Å². The van der Waals surface area contributed by atoms with Gasteiger partial charge in [0.05, 0.1) is 12.2 Å². The topological polar surface area (TPSA) is 21.3 Å². The second-order valence-corrected chi connectivity index (χ2v) is 5.47. The maximum atomic E-state index is 6.12. The highest BCUT2D eigenvalue weighted by Crippen LogP contribution is 2.20. The third-order valence-corrected chi connectivity index (χ3v) is 3.62. The van der Waals surface area contributed by atoms with Gasteiger partial charge in [-0.3, -0.25) is 0 Å². The predicted octanol–water partition coefficient (Wildman–Crippen LogP) is 3.89. The molecule has 0 amide bonds. The summed E-state index contributed by atoms with van der Waals surface area (Å²) in [6, 6.07) is 0. The van der Waals surface area contributed by atoms with Crippen LogP contribution in [0, 0.1) is 0 Å². The van der Waals surface area contributed by atoms with Gasteiger partial charge in [-0.05, 0) is 32.7 Å². The molecule has 0 aromatic rings. The molecule has 0 spiro atoms. The summed E-state index contributed by atoms with van der Waals surface area (Å²) in [4.78, 5) is 0. The van der Waals surface area contributed by atoms with Crippen LogP contribution in [0.5, 0.6) is 0 Å². The summed E-state index contributed by atoms with van der Waals surface area (Å²) >= 11 is 0. The molecular weight excluding hydrogens is 210 g/mol. The lowest BCUT2D eigenvalue weighted by atomic mass is 10.1. The molecule has 0 bridgehead atoms. The van der Waals surface area contributed by atoms with Crippen molar-refractivity contribution in [2.45, 2.75) is 83.8 Å². The smallest absolute Gasteiger partial charge is 0.0675 e. The van der Waals surface area contributed by atoms with Gasteiger partial charge >= 0.3 is 0 Å². The number of rotatable bonds is 8. The molecule has 1 atom stereocenters. The van der Waals surface area contributed by atoms with Crippen LogP contribution < -0.4 is 5.32 Å². The quantitative estimate of drug-likeness (QED) is 0.514. The van der Waals surface area contributed by atoms with Crippen molar-refractivity contribution in [1.82, 2.24) is 5.32 Å². The van der Waals surface area contributed by atoms with E-state index in [2.05, 4.69) is 19.2 Å². The van der Waals surface area contributed by atoms with Crippen LogP contribution >= 0.6 is 0 Å². The number of hydrogen-bond donors (Lipinski definition) is 1. The Labute approximate surface area is 108 Å². The number of unbranched alkanes of at least 4 members (excludes halogenated alkanes) is 2. The van der Waals surface area contributed by atoms with E-state index >= 15 is 0 Å².